The van der Waals surface area contributed by atoms with Gasteiger partial charge in [-0.15, -0.1) is 22.7 Å². The maximum absolute atomic E-state index is 2.33. The normalized spacial score (nSPS) is 11.6. The fraction of sp³-hybridized carbons (Fsp3) is 0. The molecule has 2 heterocycles. The zero-order chi connectivity index (χ0) is 14.5. The van der Waals surface area contributed by atoms with Crippen molar-refractivity contribution in [2.45, 2.75) is 0 Å². The lowest BCUT2D eigenvalue weighted by Gasteiger charge is -2.01. The molecular weight excluding hydrogens is 304 g/mol. The fourth-order valence-corrected chi connectivity index (χ4v) is 5.71. The van der Waals surface area contributed by atoms with Crippen LogP contribution in [0.3, 0.4) is 0 Å². The third-order valence-electron chi connectivity index (χ3n) is 4.12. The van der Waals surface area contributed by atoms with Crippen LogP contribution in [0.2, 0.25) is 0 Å². The summed E-state index contributed by atoms with van der Waals surface area (Å²) < 4.78 is 4.20. The van der Waals surface area contributed by atoms with Crippen LogP contribution in [0.5, 0.6) is 0 Å². The van der Waals surface area contributed by atoms with E-state index in [1.54, 1.807) is 0 Å². The van der Waals surface area contributed by atoms with Crippen molar-refractivity contribution in [2.24, 2.45) is 0 Å². The minimum absolute atomic E-state index is 1.28. The number of benzene rings is 3. The highest BCUT2D eigenvalue weighted by molar-refractivity contribution is 7.44. The van der Waals surface area contributed by atoms with E-state index in [9.17, 15) is 0 Å². The van der Waals surface area contributed by atoms with Crippen molar-refractivity contribution in [3.8, 4) is 11.1 Å². The van der Waals surface area contributed by atoms with Crippen LogP contribution in [0.25, 0.3) is 40.7 Å². The van der Waals surface area contributed by atoms with Gasteiger partial charge in [-0.25, -0.2) is 0 Å². The summed E-state index contributed by atoms with van der Waals surface area (Å²) in [7, 11) is 0. The molecule has 104 valence electrons. The second kappa shape index (κ2) is 4.67. The average Bonchev–Trinajstić information content (AvgIpc) is 3.10. The molecule has 0 fully saturated rings. The molecule has 2 heteroatoms. The quantitative estimate of drug-likeness (QED) is 0.314. The molecule has 3 aromatic carbocycles. The van der Waals surface area contributed by atoms with Gasteiger partial charge >= 0.3 is 0 Å². The summed E-state index contributed by atoms with van der Waals surface area (Å²) in [5.41, 5.74) is 2.58. The van der Waals surface area contributed by atoms with Crippen LogP contribution in [0, 0.1) is 0 Å². The highest BCUT2D eigenvalue weighted by atomic mass is 32.2. The Kier molecular flexibility index (Phi) is 2.63. The number of fused-ring (bicyclic) bond motifs is 5. The van der Waals surface area contributed by atoms with Gasteiger partial charge in [0.2, 0.25) is 0 Å². The van der Waals surface area contributed by atoms with E-state index in [0.29, 0.717) is 0 Å². The van der Waals surface area contributed by atoms with Crippen LogP contribution in [0.1, 0.15) is 0 Å². The van der Waals surface area contributed by atoms with Gasteiger partial charge in [-0.3, -0.25) is 0 Å². The van der Waals surface area contributed by atoms with Gasteiger partial charge in [-0.2, -0.15) is 0 Å². The zero-order valence-electron chi connectivity index (χ0n) is 11.7. The average molecular weight is 316 g/mol. The summed E-state index contributed by atoms with van der Waals surface area (Å²) in [5.74, 6) is 0. The summed E-state index contributed by atoms with van der Waals surface area (Å²) in [4.78, 5) is 0. The first-order chi connectivity index (χ1) is 10.9. The first kappa shape index (κ1) is 12.4. The molecule has 0 unspecified atom stereocenters. The summed E-state index contributed by atoms with van der Waals surface area (Å²) in [6, 6.07) is 26.2. The van der Waals surface area contributed by atoms with Gasteiger partial charge in [0.25, 0.3) is 0 Å². The summed E-state index contributed by atoms with van der Waals surface area (Å²) in [5, 5.41) is 4.21. The van der Waals surface area contributed by atoms with Crippen molar-refractivity contribution in [1.29, 1.82) is 0 Å². The molecule has 0 aliphatic carbocycles. The number of hydrogen-bond acceptors (Lipinski definition) is 2. The molecular formula is C20H12S2. The van der Waals surface area contributed by atoms with Gasteiger partial charge in [0.15, 0.2) is 0 Å². The highest BCUT2D eigenvalue weighted by Gasteiger charge is 2.12. The van der Waals surface area contributed by atoms with E-state index in [-0.39, 0.29) is 0 Å². The first-order valence-electron chi connectivity index (χ1n) is 7.29. The van der Waals surface area contributed by atoms with E-state index >= 15 is 0 Å². The standard InChI is InChI=1S/C20H12S2/c1-2-6-13(7-3-1)14-10-11-16-18(12-14)22-20-19(16)15-8-4-5-9-17(15)21-20/h1-12H. The maximum atomic E-state index is 2.33. The molecule has 0 aliphatic heterocycles. The molecule has 5 aromatic rings. The molecule has 0 aliphatic rings. The summed E-state index contributed by atoms with van der Waals surface area (Å²) in [6.45, 7) is 0. The van der Waals surface area contributed by atoms with E-state index in [4.69, 9.17) is 0 Å². The fourth-order valence-electron chi connectivity index (χ4n) is 3.07. The predicted octanol–water partition coefficient (Wildman–Crippen LogP) is 6.94. The Balaban J connectivity index is 1.82. The molecule has 0 nitrogen and oxygen atoms in total. The van der Waals surface area contributed by atoms with Gasteiger partial charge in [0.1, 0.15) is 0 Å². The number of rotatable bonds is 1. The molecule has 0 amide bonds. The van der Waals surface area contributed by atoms with E-state index in [2.05, 4.69) is 72.8 Å². The van der Waals surface area contributed by atoms with Crippen molar-refractivity contribution in [1.82, 2.24) is 0 Å². The van der Waals surface area contributed by atoms with Crippen LogP contribution >= 0.6 is 22.7 Å². The minimum atomic E-state index is 1.28. The third-order valence-corrected chi connectivity index (χ3v) is 6.54. The zero-order valence-corrected chi connectivity index (χ0v) is 13.4. The Hall–Kier alpha value is -2.16. The second-order valence-electron chi connectivity index (χ2n) is 5.44. The molecule has 5 rings (SSSR count). The van der Waals surface area contributed by atoms with Crippen LogP contribution in [-0.2, 0) is 0 Å². The van der Waals surface area contributed by atoms with Gasteiger partial charge in [-0.1, -0.05) is 60.7 Å². The largest absolute Gasteiger partial charge is 0.124 e. The van der Waals surface area contributed by atoms with Gasteiger partial charge in [-0.05, 0) is 23.3 Å². The summed E-state index contributed by atoms with van der Waals surface area (Å²) in [6.07, 6.45) is 0. The third kappa shape index (κ3) is 1.75. The topological polar surface area (TPSA) is 0 Å². The summed E-state index contributed by atoms with van der Waals surface area (Å²) >= 11 is 3.82. The molecule has 0 saturated carbocycles. The monoisotopic (exact) mass is 316 g/mol. The lowest BCUT2D eigenvalue weighted by Crippen LogP contribution is -1.75. The Morgan fingerprint density at radius 3 is 2.18 bits per heavy atom. The second-order valence-corrected chi connectivity index (χ2v) is 7.80. The van der Waals surface area contributed by atoms with Crippen LogP contribution in [0.4, 0.5) is 0 Å². The lowest BCUT2D eigenvalue weighted by molar-refractivity contribution is 1.66. The Labute approximate surface area is 136 Å². The molecule has 0 spiro atoms. The molecule has 0 radical (unpaired) electrons. The van der Waals surface area contributed by atoms with Crippen LogP contribution in [-0.4, -0.2) is 0 Å². The van der Waals surface area contributed by atoms with Crippen molar-refractivity contribution in [3.63, 3.8) is 0 Å². The number of hydrogen-bond donors (Lipinski definition) is 0. The molecule has 2 aromatic heterocycles. The SMILES string of the molecule is c1ccc(-c2ccc3c(c2)sc2sc4ccccc4c23)cc1. The Morgan fingerprint density at radius 1 is 0.545 bits per heavy atom. The van der Waals surface area contributed by atoms with Crippen LogP contribution in [0.15, 0.2) is 72.8 Å². The van der Waals surface area contributed by atoms with Gasteiger partial charge in [0.05, 0.1) is 4.01 Å². The van der Waals surface area contributed by atoms with Crippen molar-refractivity contribution in [2.75, 3.05) is 0 Å². The molecule has 0 atom stereocenters. The predicted molar refractivity (Wildman–Crippen MR) is 100 cm³/mol. The Morgan fingerprint density at radius 2 is 1.27 bits per heavy atom. The van der Waals surface area contributed by atoms with E-state index in [0.717, 1.165) is 0 Å². The van der Waals surface area contributed by atoms with Crippen molar-refractivity contribution in [3.05, 3.63) is 72.8 Å². The molecule has 0 N–H and O–H groups in total. The van der Waals surface area contributed by atoms with Crippen LogP contribution < -0.4 is 0 Å². The van der Waals surface area contributed by atoms with Gasteiger partial charge < -0.3 is 0 Å². The molecule has 22 heavy (non-hydrogen) atoms. The minimum Gasteiger partial charge on any atom is -0.124 e. The van der Waals surface area contributed by atoms with Crippen molar-refractivity contribution < 1.29 is 0 Å². The highest BCUT2D eigenvalue weighted by Crippen LogP contribution is 2.44. The van der Waals surface area contributed by atoms with E-state index < -0.39 is 0 Å². The first-order valence-corrected chi connectivity index (χ1v) is 8.93. The molecule has 0 saturated heterocycles. The van der Waals surface area contributed by atoms with E-state index in [1.807, 2.05) is 22.7 Å². The number of thiophene rings is 2. The lowest BCUT2D eigenvalue weighted by atomic mass is 10.0. The maximum Gasteiger partial charge on any atom is 0.0890 e. The smallest absolute Gasteiger partial charge is 0.0890 e. The van der Waals surface area contributed by atoms with Gasteiger partial charge in [0, 0.05) is 25.6 Å². The van der Waals surface area contributed by atoms with E-state index in [1.165, 1.54) is 40.7 Å². The van der Waals surface area contributed by atoms with Crippen molar-refractivity contribution >= 4 is 52.2 Å². The molecule has 0 bridgehead atoms. The Bertz CT molecular complexity index is 1110.